The number of nitrogens with one attached hydrogen (secondary N) is 1. The van der Waals surface area contributed by atoms with Gasteiger partial charge >= 0.3 is 5.69 Å². The highest BCUT2D eigenvalue weighted by Gasteiger charge is 2.14. The Bertz CT molecular complexity index is 1240. The zero-order chi connectivity index (χ0) is 24.5. The van der Waals surface area contributed by atoms with E-state index >= 15 is 0 Å². The average Bonchev–Trinajstić information content (AvgIpc) is 3.26. The molecule has 0 aliphatic rings. The van der Waals surface area contributed by atoms with E-state index in [4.69, 9.17) is 14.2 Å². The fourth-order valence-electron chi connectivity index (χ4n) is 3.36. The van der Waals surface area contributed by atoms with Gasteiger partial charge in [0.25, 0.3) is 0 Å². The van der Waals surface area contributed by atoms with Gasteiger partial charge in [-0.1, -0.05) is 60.7 Å². The molecule has 10 heteroatoms. The number of carbonyl (C=O) groups is 1. The van der Waals surface area contributed by atoms with E-state index in [1.807, 2.05) is 60.7 Å². The van der Waals surface area contributed by atoms with E-state index in [1.54, 1.807) is 17.0 Å². The number of rotatable bonds is 12. The number of aromatic nitrogens is 4. The van der Waals surface area contributed by atoms with Crippen molar-refractivity contribution in [2.75, 3.05) is 18.5 Å². The summed E-state index contributed by atoms with van der Waals surface area (Å²) in [6.07, 6.45) is 2.84. The second-order valence-electron chi connectivity index (χ2n) is 7.87. The molecule has 0 spiro atoms. The van der Waals surface area contributed by atoms with Gasteiger partial charge < -0.3 is 14.2 Å². The Morgan fingerprint density at radius 1 is 0.914 bits per heavy atom. The standard InChI is InChI=1S/C25H27N5O5/c1-19(31)26-23-27-24-29(12-13-30(24)25(32)28-23)18-35-22(16-33-14-20-8-4-2-5-9-20)17-34-15-21-10-6-3-7-11-21/h2-13,22H,14-18H2,1H3,(H,26,28,31,32). The van der Waals surface area contributed by atoms with Crippen molar-refractivity contribution in [3.8, 4) is 0 Å². The Morgan fingerprint density at radius 3 is 2.09 bits per heavy atom. The highest BCUT2D eigenvalue weighted by Crippen LogP contribution is 2.08. The maximum Gasteiger partial charge on any atom is 0.357 e. The van der Waals surface area contributed by atoms with E-state index in [1.165, 1.54) is 11.3 Å². The molecule has 0 bridgehead atoms. The molecule has 0 radical (unpaired) electrons. The van der Waals surface area contributed by atoms with Gasteiger partial charge in [-0.2, -0.15) is 9.97 Å². The van der Waals surface area contributed by atoms with Gasteiger partial charge in [0, 0.05) is 19.3 Å². The first kappa shape index (κ1) is 24.3. The van der Waals surface area contributed by atoms with Crippen LogP contribution in [-0.2, 0) is 38.9 Å². The summed E-state index contributed by atoms with van der Waals surface area (Å²) < 4.78 is 20.8. The molecule has 35 heavy (non-hydrogen) atoms. The molecule has 10 nitrogen and oxygen atoms in total. The van der Waals surface area contributed by atoms with Gasteiger partial charge in [-0.05, 0) is 11.1 Å². The Kier molecular flexibility index (Phi) is 8.34. The third-order valence-electron chi connectivity index (χ3n) is 5.05. The van der Waals surface area contributed by atoms with Gasteiger partial charge in [0.15, 0.2) is 0 Å². The second-order valence-corrected chi connectivity index (χ2v) is 7.87. The van der Waals surface area contributed by atoms with Crippen molar-refractivity contribution >= 4 is 17.6 Å². The van der Waals surface area contributed by atoms with E-state index in [-0.39, 0.29) is 24.7 Å². The molecule has 0 unspecified atom stereocenters. The average molecular weight is 478 g/mol. The highest BCUT2D eigenvalue weighted by atomic mass is 16.6. The normalized spacial score (nSPS) is 11.3. The lowest BCUT2D eigenvalue weighted by molar-refractivity contribution is -0.114. The maximum absolute atomic E-state index is 12.3. The minimum atomic E-state index is -0.550. The van der Waals surface area contributed by atoms with Crippen LogP contribution in [0.15, 0.2) is 77.9 Å². The summed E-state index contributed by atoms with van der Waals surface area (Å²) in [5.41, 5.74) is 1.58. The minimum Gasteiger partial charge on any atom is -0.374 e. The molecule has 0 saturated carbocycles. The number of hydrogen-bond acceptors (Lipinski definition) is 7. The SMILES string of the molecule is CC(=O)Nc1nc(=O)n2ccn(COC(COCc3ccccc3)COCc3ccccc3)c2n1. The van der Waals surface area contributed by atoms with Gasteiger partial charge in [-0.25, -0.2) is 9.20 Å². The van der Waals surface area contributed by atoms with Gasteiger partial charge in [0.1, 0.15) is 12.8 Å². The number of fused-ring (bicyclic) bond motifs is 1. The number of carbonyl (C=O) groups excluding carboxylic acids is 1. The first-order valence-electron chi connectivity index (χ1n) is 11.2. The van der Waals surface area contributed by atoms with E-state index in [9.17, 15) is 9.59 Å². The minimum absolute atomic E-state index is 0.0589. The van der Waals surface area contributed by atoms with Gasteiger partial charge in [0.2, 0.25) is 17.6 Å². The van der Waals surface area contributed by atoms with Crippen LogP contribution in [0, 0.1) is 0 Å². The Labute approximate surface area is 202 Å². The van der Waals surface area contributed by atoms with Crippen LogP contribution < -0.4 is 11.0 Å². The monoisotopic (exact) mass is 477 g/mol. The molecular weight excluding hydrogens is 450 g/mol. The number of hydrogen-bond donors (Lipinski definition) is 1. The van der Waals surface area contributed by atoms with Gasteiger partial charge in [-0.3, -0.25) is 14.7 Å². The van der Waals surface area contributed by atoms with Crippen molar-refractivity contribution in [1.29, 1.82) is 0 Å². The topological polar surface area (TPSA) is 109 Å². The van der Waals surface area contributed by atoms with Crippen molar-refractivity contribution in [1.82, 2.24) is 18.9 Å². The molecule has 1 amide bonds. The van der Waals surface area contributed by atoms with Crippen LogP contribution in [0.2, 0.25) is 0 Å². The molecule has 2 aromatic carbocycles. The molecule has 0 fully saturated rings. The summed E-state index contributed by atoms with van der Waals surface area (Å²) >= 11 is 0. The lowest BCUT2D eigenvalue weighted by atomic mass is 10.2. The van der Waals surface area contributed by atoms with E-state index in [2.05, 4.69) is 15.3 Å². The number of ether oxygens (including phenoxy) is 3. The zero-order valence-corrected chi connectivity index (χ0v) is 19.4. The summed E-state index contributed by atoms with van der Waals surface area (Å²) in [4.78, 5) is 31.6. The second kappa shape index (κ2) is 12.0. The van der Waals surface area contributed by atoms with Crippen LogP contribution in [0.5, 0.6) is 0 Å². The largest absolute Gasteiger partial charge is 0.374 e. The molecule has 2 aromatic heterocycles. The molecule has 1 N–H and O–H groups in total. The van der Waals surface area contributed by atoms with Gasteiger partial charge in [0.05, 0.1) is 26.4 Å². The number of amides is 1. The first-order valence-corrected chi connectivity index (χ1v) is 11.2. The van der Waals surface area contributed by atoms with Gasteiger partial charge in [-0.15, -0.1) is 0 Å². The Balaban J connectivity index is 1.41. The Hall–Kier alpha value is -3.86. The number of nitrogens with zero attached hydrogens (tertiary/aromatic N) is 4. The number of imidazole rings is 1. The molecule has 0 atom stereocenters. The fraction of sp³-hybridized carbons (Fsp3) is 0.280. The first-order chi connectivity index (χ1) is 17.1. The summed E-state index contributed by atoms with van der Waals surface area (Å²) in [5.74, 6) is -0.131. The third kappa shape index (κ3) is 7.06. The molecule has 0 aliphatic carbocycles. The lowest BCUT2D eigenvalue weighted by Gasteiger charge is -2.19. The molecule has 182 valence electrons. The molecule has 0 saturated heterocycles. The van der Waals surface area contributed by atoms with Crippen molar-refractivity contribution in [3.05, 3.63) is 94.7 Å². The van der Waals surface area contributed by atoms with Crippen molar-refractivity contribution < 1.29 is 19.0 Å². The van der Waals surface area contributed by atoms with E-state index in [0.29, 0.717) is 32.2 Å². The van der Waals surface area contributed by atoms with Crippen LogP contribution in [0.4, 0.5) is 5.95 Å². The van der Waals surface area contributed by atoms with Crippen molar-refractivity contribution in [2.24, 2.45) is 0 Å². The molecule has 2 heterocycles. The van der Waals surface area contributed by atoms with Crippen LogP contribution in [0.25, 0.3) is 5.78 Å². The smallest absolute Gasteiger partial charge is 0.357 e. The van der Waals surface area contributed by atoms with Crippen molar-refractivity contribution in [2.45, 2.75) is 33.0 Å². The van der Waals surface area contributed by atoms with Crippen molar-refractivity contribution in [3.63, 3.8) is 0 Å². The van der Waals surface area contributed by atoms with E-state index < -0.39 is 5.69 Å². The predicted octanol–water partition coefficient (Wildman–Crippen LogP) is 2.63. The molecule has 4 aromatic rings. The fourth-order valence-corrected chi connectivity index (χ4v) is 3.36. The highest BCUT2D eigenvalue weighted by molar-refractivity contribution is 5.86. The van der Waals surface area contributed by atoms with Crippen LogP contribution in [0.1, 0.15) is 18.1 Å². The Morgan fingerprint density at radius 2 is 1.51 bits per heavy atom. The predicted molar refractivity (Wildman–Crippen MR) is 129 cm³/mol. The van der Waals surface area contributed by atoms with Crippen LogP contribution in [0.3, 0.4) is 0 Å². The van der Waals surface area contributed by atoms with Crippen LogP contribution >= 0.6 is 0 Å². The maximum atomic E-state index is 12.3. The number of benzene rings is 2. The summed E-state index contributed by atoms with van der Waals surface area (Å²) in [6, 6.07) is 19.8. The molecule has 0 aliphatic heterocycles. The third-order valence-corrected chi connectivity index (χ3v) is 5.05. The zero-order valence-electron chi connectivity index (χ0n) is 19.4. The molecular formula is C25H27N5O5. The van der Waals surface area contributed by atoms with Crippen LogP contribution in [-0.4, -0.2) is 44.2 Å². The molecule has 4 rings (SSSR count). The summed E-state index contributed by atoms with van der Waals surface area (Å²) in [6.45, 7) is 2.95. The lowest BCUT2D eigenvalue weighted by Crippen LogP contribution is -2.27. The number of anilines is 1. The van der Waals surface area contributed by atoms with E-state index in [0.717, 1.165) is 11.1 Å². The quantitative estimate of drug-likeness (QED) is 0.334. The summed E-state index contributed by atoms with van der Waals surface area (Å²) in [5, 5.41) is 2.44. The summed E-state index contributed by atoms with van der Waals surface area (Å²) in [7, 11) is 0.